The predicted molar refractivity (Wildman–Crippen MR) is 75.5 cm³/mol. The Morgan fingerprint density at radius 3 is 2.12 bits per heavy atom. The van der Waals surface area contributed by atoms with Gasteiger partial charge in [0.15, 0.2) is 0 Å². The van der Waals surface area contributed by atoms with Crippen molar-refractivity contribution in [3.63, 3.8) is 0 Å². The average molecular weight is 241 g/mol. The Hall–Kier alpha value is -0.120. The van der Waals surface area contributed by atoms with E-state index in [0.717, 1.165) is 12.6 Å². The SMILES string of the molecule is CCNC(CC)CN1CCN(C(C)CC)CC1. The molecule has 3 heteroatoms. The summed E-state index contributed by atoms with van der Waals surface area (Å²) in [5, 5.41) is 3.57. The van der Waals surface area contributed by atoms with Crippen LogP contribution >= 0.6 is 0 Å². The van der Waals surface area contributed by atoms with Crippen molar-refractivity contribution in [3.8, 4) is 0 Å². The maximum atomic E-state index is 3.57. The van der Waals surface area contributed by atoms with E-state index in [1.807, 2.05) is 0 Å². The van der Waals surface area contributed by atoms with Crippen LogP contribution in [0.25, 0.3) is 0 Å². The second-order valence-electron chi connectivity index (χ2n) is 5.26. The summed E-state index contributed by atoms with van der Waals surface area (Å²) in [6, 6.07) is 1.43. The number of likely N-dealkylation sites (N-methyl/N-ethyl adjacent to an activating group) is 1. The lowest BCUT2D eigenvalue weighted by Gasteiger charge is -2.39. The van der Waals surface area contributed by atoms with Crippen LogP contribution in [0.5, 0.6) is 0 Å². The summed E-state index contributed by atoms with van der Waals surface area (Å²) in [4.78, 5) is 5.25. The van der Waals surface area contributed by atoms with E-state index in [2.05, 4.69) is 42.8 Å². The van der Waals surface area contributed by atoms with E-state index in [1.54, 1.807) is 0 Å². The fourth-order valence-corrected chi connectivity index (χ4v) is 2.58. The minimum absolute atomic E-state index is 0.676. The molecule has 2 unspecified atom stereocenters. The molecule has 1 fully saturated rings. The average Bonchev–Trinajstić information content (AvgIpc) is 2.38. The first-order valence-corrected chi connectivity index (χ1v) is 7.40. The molecule has 0 aromatic heterocycles. The number of piperazine rings is 1. The summed E-state index contributed by atoms with van der Waals surface area (Å²) in [6.07, 6.45) is 2.51. The maximum absolute atomic E-state index is 3.57. The topological polar surface area (TPSA) is 18.5 Å². The van der Waals surface area contributed by atoms with Gasteiger partial charge in [-0.05, 0) is 26.3 Å². The Bertz CT molecular complexity index is 188. The monoisotopic (exact) mass is 241 g/mol. The van der Waals surface area contributed by atoms with Gasteiger partial charge in [0.2, 0.25) is 0 Å². The molecule has 0 aromatic carbocycles. The third kappa shape index (κ3) is 4.94. The van der Waals surface area contributed by atoms with E-state index in [1.165, 1.54) is 45.6 Å². The Balaban J connectivity index is 2.26. The molecule has 0 bridgehead atoms. The summed E-state index contributed by atoms with van der Waals surface area (Å²) >= 11 is 0. The van der Waals surface area contributed by atoms with E-state index in [4.69, 9.17) is 0 Å². The Labute approximate surface area is 108 Å². The fraction of sp³-hybridized carbons (Fsp3) is 1.00. The molecule has 1 saturated heterocycles. The third-order valence-corrected chi connectivity index (χ3v) is 4.09. The maximum Gasteiger partial charge on any atom is 0.0192 e. The molecule has 0 saturated carbocycles. The molecule has 1 aliphatic heterocycles. The zero-order chi connectivity index (χ0) is 12.7. The van der Waals surface area contributed by atoms with Crippen molar-refractivity contribution in [3.05, 3.63) is 0 Å². The lowest BCUT2D eigenvalue weighted by Crippen LogP contribution is -2.52. The van der Waals surface area contributed by atoms with Gasteiger partial charge in [-0.25, -0.2) is 0 Å². The molecule has 0 spiro atoms. The Morgan fingerprint density at radius 2 is 1.65 bits per heavy atom. The van der Waals surface area contributed by atoms with Gasteiger partial charge in [0, 0.05) is 44.8 Å². The first kappa shape index (κ1) is 14.9. The summed E-state index contributed by atoms with van der Waals surface area (Å²) < 4.78 is 0. The molecular formula is C14H31N3. The van der Waals surface area contributed by atoms with Crippen molar-refractivity contribution in [2.24, 2.45) is 0 Å². The number of hydrogen-bond acceptors (Lipinski definition) is 3. The lowest BCUT2D eigenvalue weighted by molar-refractivity contribution is 0.0937. The smallest absolute Gasteiger partial charge is 0.0192 e. The highest BCUT2D eigenvalue weighted by Gasteiger charge is 2.21. The normalized spacial score (nSPS) is 22.6. The van der Waals surface area contributed by atoms with Crippen LogP contribution in [-0.2, 0) is 0 Å². The zero-order valence-electron chi connectivity index (χ0n) is 12.2. The highest BCUT2D eigenvalue weighted by atomic mass is 15.3. The molecule has 2 atom stereocenters. The Kier molecular flexibility index (Phi) is 7.09. The molecule has 0 aromatic rings. The van der Waals surface area contributed by atoms with Gasteiger partial charge in [-0.2, -0.15) is 0 Å². The fourth-order valence-electron chi connectivity index (χ4n) is 2.58. The van der Waals surface area contributed by atoms with Crippen molar-refractivity contribution >= 4 is 0 Å². The van der Waals surface area contributed by atoms with Crippen LogP contribution in [0.15, 0.2) is 0 Å². The van der Waals surface area contributed by atoms with Crippen LogP contribution in [0, 0.1) is 0 Å². The lowest BCUT2D eigenvalue weighted by atomic mass is 10.1. The number of nitrogens with one attached hydrogen (secondary N) is 1. The van der Waals surface area contributed by atoms with Crippen molar-refractivity contribution in [1.29, 1.82) is 0 Å². The molecule has 17 heavy (non-hydrogen) atoms. The van der Waals surface area contributed by atoms with Crippen LogP contribution in [0.3, 0.4) is 0 Å². The van der Waals surface area contributed by atoms with Crippen LogP contribution in [0.2, 0.25) is 0 Å². The van der Waals surface area contributed by atoms with Gasteiger partial charge < -0.3 is 5.32 Å². The highest BCUT2D eigenvalue weighted by Crippen LogP contribution is 2.09. The van der Waals surface area contributed by atoms with Crippen molar-refractivity contribution in [2.45, 2.75) is 52.6 Å². The molecule has 0 amide bonds. The molecule has 1 N–H and O–H groups in total. The molecule has 3 nitrogen and oxygen atoms in total. The van der Waals surface area contributed by atoms with Gasteiger partial charge in [0.25, 0.3) is 0 Å². The largest absolute Gasteiger partial charge is 0.313 e. The van der Waals surface area contributed by atoms with Gasteiger partial charge in [-0.1, -0.05) is 20.8 Å². The second kappa shape index (κ2) is 8.06. The van der Waals surface area contributed by atoms with E-state index in [9.17, 15) is 0 Å². The standard InChI is InChI=1S/C14H31N3/c1-5-13(4)17-10-8-16(9-11-17)12-14(6-2)15-7-3/h13-15H,5-12H2,1-4H3. The first-order chi connectivity index (χ1) is 8.21. The van der Waals surface area contributed by atoms with E-state index < -0.39 is 0 Å². The number of rotatable bonds is 7. The van der Waals surface area contributed by atoms with Crippen LogP contribution in [0.4, 0.5) is 0 Å². The zero-order valence-corrected chi connectivity index (χ0v) is 12.2. The summed E-state index contributed by atoms with van der Waals surface area (Å²) in [6.45, 7) is 16.4. The Morgan fingerprint density at radius 1 is 1.00 bits per heavy atom. The minimum Gasteiger partial charge on any atom is -0.313 e. The summed E-state index contributed by atoms with van der Waals surface area (Å²) in [5.74, 6) is 0. The van der Waals surface area contributed by atoms with Crippen molar-refractivity contribution in [1.82, 2.24) is 15.1 Å². The molecule has 0 radical (unpaired) electrons. The summed E-state index contributed by atoms with van der Waals surface area (Å²) in [7, 11) is 0. The first-order valence-electron chi connectivity index (χ1n) is 7.40. The predicted octanol–water partition coefficient (Wildman–Crippen LogP) is 1.79. The van der Waals surface area contributed by atoms with Crippen LogP contribution in [0.1, 0.15) is 40.5 Å². The van der Waals surface area contributed by atoms with E-state index >= 15 is 0 Å². The molecule has 1 rings (SSSR count). The molecule has 0 aliphatic carbocycles. The summed E-state index contributed by atoms with van der Waals surface area (Å²) in [5.41, 5.74) is 0. The van der Waals surface area contributed by atoms with Gasteiger partial charge in [0.1, 0.15) is 0 Å². The van der Waals surface area contributed by atoms with E-state index in [0.29, 0.717) is 6.04 Å². The number of nitrogens with zero attached hydrogens (tertiary/aromatic N) is 2. The van der Waals surface area contributed by atoms with Gasteiger partial charge >= 0.3 is 0 Å². The van der Waals surface area contributed by atoms with Crippen molar-refractivity contribution < 1.29 is 0 Å². The molecule has 102 valence electrons. The minimum atomic E-state index is 0.676. The quantitative estimate of drug-likeness (QED) is 0.733. The van der Waals surface area contributed by atoms with Crippen LogP contribution in [-0.4, -0.2) is 61.2 Å². The van der Waals surface area contributed by atoms with Crippen LogP contribution < -0.4 is 5.32 Å². The molecular weight excluding hydrogens is 210 g/mol. The highest BCUT2D eigenvalue weighted by molar-refractivity contribution is 4.78. The molecule has 1 heterocycles. The van der Waals surface area contributed by atoms with E-state index in [-0.39, 0.29) is 0 Å². The second-order valence-corrected chi connectivity index (χ2v) is 5.26. The third-order valence-electron chi connectivity index (χ3n) is 4.09. The molecule has 1 aliphatic rings. The van der Waals surface area contributed by atoms with Crippen molar-refractivity contribution in [2.75, 3.05) is 39.3 Å². The van der Waals surface area contributed by atoms with Gasteiger partial charge in [-0.15, -0.1) is 0 Å². The van der Waals surface area contributed by atoms with Gasteiger partial charge in [0.05, 0.1) is 0 Å². The van der Waals surface area contributed by atoms with Gasteiger partial charge in [-0.3, -0.25) is 9.80 Å². The number of hydrogen-bond donors (Lipinski definition) is 1.